The van der Waals surface area contributed by atoms with Crippen LogP contribution in [0.3, 0.4) is 0 Å². The lowest BCUT2D eigenvalue weighted by atomic mass is 10.2. The van der Waals surface area contributed by atoms with E-state index in [1.807, 2.05) is 0 Å². The van der Waals surface area contributed by atoms with Gasteiger partial charge in [0.1, 0.15) is 0 Å². The lowest BCUT2D eigenvalue weighted by Crippen LogP contribution is -2.25. The van der Waals surface area contributed by atoms with Gasteiger partial charge in [0.25, 0.3) is 0 Å². The fourth-order valence-corrected chi connectivity index (χ4v) is 1.88. The molecule has 0 saturated carbocycles. The van der Waals surface area contributed by atoms with Gasteiger partial charge in [0.05, 0.1) is 0 Å². The molecule has 2 heteroatoms. The fourth-order valence-electron chi connectivity index (χ4n) is 1.17. The van der Waals surface area contributed by atoms with Gasteiger partial charge >= 0.3 is 0 Å². The van der Waals surface area contributed by atoms with Crippen molar-refractivity contribution in [3.05, 3.63) is 23.8 Å². The van der Waals surface area contributed by atoms with E-state index in [4.69, 9.17) is 4.43 Å². The standard InChI is InChI=1S/C10H18OSi/c1-12(2,3)11-9-8-10-6-4-5-7-10/h4-6H,7-9H2,1-3H3. The van der Waals surface area contributed by atoms with E-state index in [1.165, 1.54) is 5.57 Å². The van der Waals surface area contributed by atoms with Crippen molar-refractivity contribution in [1.29, 1.82) is 0 Å². The lowest BCUT2D eigenvalue weighted by Gasteiger charge is -2.17. The Kier molecular flexibility index (Phi) is 3.29. The minimum Gasteiger partial charge on any atom is -0.417 e. The molecule has 12 heavy (non-hydrogen) atoms. The third kappa shape index (κ3) is 3.88. The molecule has 1 nitrogen and oxygen atoms in total. The van der Waals surface area contributed by atoms with Gasteiger partial charge in [-0.25, -0.2) is 0 Å². The van der Waals surface area contributed by atoms with Crippen LogP contribution >= 0.6 is 0 Å². The summed E-state index contributed by atoms with van der Waals surface area (Å²) in [5.41, 5.74) is 1.51. The maximum Gasteiger partial charge on any atom is 0.183 e. The van der Waals surface area contributed by atoms with Crippen molar-refractivity contribution in [3.8, 4) is 0 Å². The van der Waals surface area contributed by atoms with E-state index in [9.17, 15) is 0 Å². The molecule has 1 rings (SSSR count). The summed E-state index contributed by atoms with van der Waals surface area (Å²) >= 11 is 0. The average molecular weight is 182 g/mol. The maximum atomic E-state index is 5.76. The van der Waals surface area contributed by atoms with Crippen molar-refractivity contribution in [3.63, 3.8) is 0 Å². The van der Waals surface area contributed by atoms with Crippen LogP contribution in [0.4, 0.5) is 0 Å². The second kappa shape index (κ2) is 4.05. The first kappa shape index (κ1) is 9.74. The van der Waals surface area contributed by atoms with Gasteiger partial charge < -0.3 is 4.43 Å². The van der Waals surface area contributed by atoms with E-state index in [0.29, 0.717) is 0 Å². The molecule has 0 unspecified atom stereocenters. The fraction of sp³-hybridized carbons (Fsp3) is 0.600. The van der Waals surface area contributed by atoms with Gasteiger partial charge in [0.15, 0.2) is 8.32 Å². The highest BCUT2D eigenvalue weighted by Gasteiger charge is 2.13. The minimum absolute atomic E-state index is 0.906. The van der Waals surface area contributed by atoms with Crippen molar-refractivity contribution < 1.29 is 4.43 Å². The van der Waals surface area contributed by atoms with Crippen LogP contribution in [0.25, 0.3) is 0 Å². The van der Waals surface area contributed by atoms with Gasteiger partial charge in [0.2, 0.25) is 0 Å². The van der Waals surface area contributed by atoms with Crippen LogP contribution in [0.2, 0.25) is 19.6 Å². The first-order valence-electron chi connectivity index (χ1n) is 4.56. The van der Waals surface area contributed by atoms with Crippen molar-refractivity contribution in [1.82, 2.24) is 0 Å². The van der Waals surface area contributed by atoms with Crippen molar-refractivity contribution in [2.75, 3.05) is 6.61 Å². The molecule has 0 spiro atoms. The Morgan fingerprint density at radius 2 is 2.17 bits per heavy atom. The topological polar surface area (TPSA) is 9.23 Å². The molecular formula is C10H18OSi. The number of hydrogen-bond donors (Lipinski definition) is 0. The van der Waals surface area contributed by atoms with E-state index in [2.05, 4.69) is 37.9 Å². The quantitative estimate of drug-likeness (QED) is 0.607. The molecule has 0 N–H and O–H groups in total. The third-order valence-electron chi connectivity index (χ3n) is 1.81. The Balaban J connectivity index is 2.11. The lowest BCUT2D eigenvalue weighted by molar-refractivity contribution is 0.315. The molecule has 0 aromatic heterocycles. The zero-order valence-electron chi connectivity index (χ0n) is 8.26. The molecule has 0 fully saturated rings. The Hall–Kier alpha value is -0.343. The van der Waals surface area contributed by atoms with Gasteiger partial charge in [-0.3, -0.25) is 0 Å². The van der Waals surface area contributed by atoms with Crippen LogP contribution in [0.15, 0.2) is 23.8 Å². The molecule has 0 radical (unpaired) electrons. The highest BCUT2D eigenvalue weighted by molar-refractivity contribution is 6.69. The summed E-state index contributed by atoms with van der Waals surface area (Å²) in [7, 11) is -1.28. The molecule has 0 aliphatic heterocycles. The molecule has 0 saturated heterocycles. The van der Waals surface area contributed by atoms with Gasteiger partial charge in [-0.15, -0.1) is 0 Å². The Morgan fingerprint density at radius 1 is 1.42 bits per heavy atom. The molecule has 0 aromatic carbocycles. The molecule has 0 atom stereocenters. The zero-order valence-corrected chi connectivity index (χ0v) is 9.26. The molecule has 1 aliphatic carbocycles. The van der Waals surface area contributed by atoms with Crippen molar-refractivity contribution >= 4 is 8.32 Å². The summed E-state index contributed by atoms with van der Waals surface area (Å²) in [6.45, 7) is 7.60. The second-order valence-corrected chi connectivity index (χ2v) is 8.68. The zero-order chi connectivity index (χ0) is 9.03. The van der Waals surface area contributed by atoms with Crippen molar-refractivity contribution in [2.24, 2.45) is 0 Å². The van der Waals surface area contributed by atoms with Crippen molar-refractivity contribution in [2.45, 2.75) is 32.5 Å². The van der Waals surface area contributed by atoms with Crippen LogP contribution in [-0.2, 0) is 4.43 Å². The predicted octanol–water partition coefficient (Wildman–Crippen LogP) is 3.11. The Labute approximate surface area is 76.3 Å². The summed E-state index contributed by atoms with van der Waals surface area (Å²) in [6.07, 6.45) is 8.77. The number of allylic oxidation sites excluding steroid dienone is 3. The number of rotatable bonds is 4. The largest absolute Gasteiger partial charge is 0.417 e. The summed E-state index contributed by atoms with van der Waals surface area (Å²) < 4.78 is 5.76. The van der Waals surface area contributed by atoms with Crippen LogP contribution < -0.4 is 0 Å². The van der Waals surface area contributed by atoms with Crippen LogP contribution in [-0.4, -0.2) is 14.9 Å². The van der Waals surface area contributed by atoms with E-state index >= 15 is 0 Å². The molecule has 0 amide bonds. The number of hydrogen-bond acceptors (Lipinski definition) is 1. The average Bonchev–Trinajstić information content (AvgIpc) is 2.36. The van der Waals surface area contributed by atoms with Crippen LogP contribution in [0.1, 0.15) is 12.8 Å². The predicted molar refractivity (Wildman–Crippen MR) is 55.8 cm³/mol. The van der Waals surface area contributed by atoms with E-state index in [1.54, 1.807) is 0 Å². The first-order valence-corrected chi connectivity index (χ1v) is 7.97. The summed E-state index contributed by atoms with van der Waals surface area (Å²) in [4.78, 5) is 0. The van der Waals surface area contributed by atoms with Crippen LogP contribution in [0.5, 0.6) is 0 Å². The highest BCUT2D eigenvalue weighted by Crippen LogP contribution is 2.15. The summed E-state index contributed by atoms with van der Waals surface area (Å²) in [6, 6.07) is 0. The first-order chi connectivity index (χ1) is 5.58. The molecular weight excluding hydrogens is 164 g/mol. The van der Waals surface area contributed by atoms with E-state index < -0.39 is 8.32 Å². The minimum atomic E-state index is -1.28. The Morgan fingerprint density at radius 3 is 2.67 bits per heavy atom. The Bertz CT molecular complexity index is 198. The summed E-state index contributed by atoms with van der Waals surface area (Å²) in [5, 5.41) is 0. The molecule has 0 bridgehead atoms. The second-order valence-electron chi connectivity index (χ2n) is 4.17. The normalized spacial score (nSPS) is 16.8. The van der Waals surface area contributed by atoms with E-state index in [0.717, 1.165) is 19.4 Å². The molecule has 1 aliphatic rings. The van der Waals surface area contributed by atoms with Crippen LogP contribution in [0, 0.1) is 0 Å². The van der Waals surface area contributed by atoms with E-state index in [-0.39, 0.29) is 0 Å². The smallest absolute Gasteiger partial charge is 0.183 e. The van der Waals surface area contributed by atoms with Gasteiger partial charge in [-0.1, -0.05) is 23.8 Å². The molecule has 0 heterocycles. The SMILES string of the molecule is C[Si](C)(C)OCCC1=CC=CC1. The van der Waals surface area contributed by atoms with Gasteiger partial charge in [0, 0.05) is 6.61 Å². The summed E-state index contributed by atoms with van der Waals surface area (Å²) in [5.74, 6) is 0. The maximum absolute atomic E-state index is 5.76. The van der Waals surface area contributed by atoms with Gasteiger partial charge in [-0.05, 0) is 32.5 Å². The van der Waals surface area contributed by atoms with Gasteiger partial charge in [-0.2, -0.15) is 0 Å². The highest BCUT2D eigenvalue weighted by atomic mass is 28.4. The monoisotopic (exact) mass is 182 g/mol. The third-order valence-corrected chi connectivity index (χ3v) is 2.88. The molecule has 68 valence electrons. The molecule has 0 aromatic rings.